The average molecular weight is 375 g/mol. The second-order valence-corrected chi connectivity index (χ2v) is 6.26. The minimum absolute atomic E-state index is 0.341. The maximum Gasteiger partial charge on any atom is 0.335 e. The summed E-state index contributed by atoms with van der Waals surface area (Å²) in [4.78, 5) is 43.6. The van der Waals surface area contributed by atoms with Crippen LogP contribution in [0.15, 0.2) is 29.3 Å². The number of imide groups is 2. The zero-order chi connectivity index (χ0) is 19.8. The zero-order valence-corrected chi connectivity index (χ0v) is 16.0. The zero-order valence-electron chi connectivity index (χ0n) is 16.0. The third-order valence-electron chi connectivity index (χ3n) is 4.59. The summed E-state index contributed by atoms with van der Waals surface area (Å²) in [6, 6.07) is 5.78. The molecule has 0 bridgehead atoms. The number of rotatable bonds is 9. The normalized spacial score (nSPS) is 17.7. The Kier molecular flexibility index (Phi) is 7.48. The van der Waals surface area contributed by atoms with Gasteiger partial charge in [0.15, 0.2) is 5.92 Å². The van der Waals surface area contributed by atoms with Crippen molar-refractivity contribution >= 4 is 29.7 Å². The molecular formula is C19H27N4O4+. The van der Waals surface area contributed by atoms with Gasteiger partial charge in [0.05, 0.1) is 32.4 Å². The molecule has 1 atom stereocenters. The van der Waals surface area contributed by atoms with E-state index in [1.807, 2.05) is 0 Å². The number of carbonyl (C=O) groups excluding carboxylic acids is 3. The van der Waals surface area contributed by atoms with E-state index >= 15 is 0 Å². The van der Waals surface area contributed by atoms with E-state index in [0.29, 0.717) is 18.0 Å². The monoisotopic (exact) mass is 375 g/mol. The van der Waals surface area contributed by atoms with Crippen molar-refractivity contribution in [2.45, 2.75) is 20.3 Å². The van der Waals surface area contributed by atoms with Crippen LogP contribution in [0.1, 0.15) is 20.3 Å². The van der Waals surface area contributed by atoms with Crippen LogP contribution in [0.5, 0.6) is 5.75 Å². The van der Waals surface area contributed by atoms with Crippen molar-refractivity contribution in [1.29, 1.82) is 0 Å². The number of carbonyl (C=O) groups is 3. The summed E-state index contributed by atoms with van der Waals surface area (Å²) in [6.45, 7) is 7.91. The smallest absolute Gasteiger partial charge is 0.335 e. The lowest BCUT2D eigenvalue weighted by molar-refractivity contribution is -0.896. The quantitative estimate of drug-likeness (QED) is 0.368. The molecule has 146 valence electrons. The number of ether oxygens (including phenoxy) is 1. The van der Waals surface area contributed by atoms with Gasteiger partial charge < -0.3 is 9.64 Å². The van der Waals surface area contributed by atoms with Crippen molar-refractivity contribution in [2.75, 3.05) is 38.2 Å². The van der Waals surface area contributed by atoms with Crippen molar-refractivity contribution in [3.05, 3.63) is 24.3 Å². The van der Waals surface area contributed by atoms with Gasteiger partial charge in [0.25, 0.3) is 5.91 Å². The summed E-state index contributed by atoms with van der Waals surface area (Å²) in [5.41, 5.74) is 0.341. The third-order valence-corrected chi connectivity index (χ3v) is 4.59. The fraction of sp³-hybridized carbons (Fsp3) is 0.474. The van der Waals surface area contributed by atoms with Crippen LogP contribution >= 0.6 is 0 Å². The number of hydrogen-bond acceptors (Lipinski definition) is 5. The highest BCUT2D eigenvalue weighted by Gasteiger charge is 2.40. The molecule has 2 rings (SSSR count). The topological polar surface area (TPSA) is 92.5 Å². The molecule has 1 fully saturated rings. The highest BCUT2D eigenvalue weighted by molar-refractivity contribution is 6.32. The van der Waals surface area contributed by atoms with Gasteiger partial charge in [0.2, 0.25) is 5.91 Å². The number of hydrogen-bond donors (Lipinski definition) is 2. The Morgan fingerprint density at radius 1 is 1.26 bits per heavy atom. The summed E-state index contributed by atoms with van der Waals surface area (Å²) in [5.74, 6) is -1.87. The molecule has 1 unspecified atom stereocenters. The first-order valence-corrected chi connectivity index (χ1v) is 9.18. The predicted octanol–water partition coefficient (Wildman–Crippen LogP) is 0.280. The molecule has 1 aromatic carbocycles. The highest BCUT2D eigenvalue weighted by Crippen LogP contribution is 2.24. The van der Waals surface area contributed by atoms with Gasteiger partial charge >= 0.3 is 6.03 Å². The van der Waals surface area contributed by atoms with Crippen molar-refractivity contribution < 1.29 is 24.0 Å². The van der Waals surface area contributed by atoms with Crippen LogP contribution in [0.3, 0.4) is 0 Å². The molecule has 1 saturated heterocycles. The number of anilines is 1. The minimum Gasteiger partial charge on any atom is -0.497 e. The van der Waals surface area contributed by atoms with Gasteiger partial charge in [0, 0.05) is 25.2 Å². The number of methoxy groups -OCH3 is 1. The van der Waals surface area contributed by atoms with Crippen LogP contribution in [0.25, 0.3) is 0 Å². The molecule has 0 saturated carbocycles. The summed E-state index contributed by atoms with van der Waals surface area (Å²) in [7, 11) is 1.50. The first-order chi connectivity index (χ1) is 13.0. The van der Waals surface area contributed by atoms with Crippen molar-refractivity contribution in [1.82, 2.24) is 5.32 Å². The maximum absolute atomic E-state index is 12.7. The molecule has 27 heavy (non-hydrogen) atoms. The molecule has 0 radical (unpaired) electrons. The van der Waals surface area contributed by atoms with E-state index in [-0.39, 0.29) is 0 Å². The van der Waals surface area contributed by atoms with Crippen molar-refractivity contribution in [3.8, 4) is 5.75 Å². The molecule has 0 aromatic heterocycles. The Hall–Kier alpha value is -2.74. The summed E-state index contributed by atoms with van der Waals surface area (Å²) >= 11 is 0. The van der Waals surface area contributed by atoms with E-state index in [0.717, 1.165) is 31.0 Å². The number of benzene rings is 1. The number of aliphatic imine (C=N–C) groups is 1. The first-order valence-electron chi connectivity index (χ1n) is 9.18. The largest absolute Gasteiger partial charge is 0.497 e. The number of amides is 4. The Morgan fingerprint density at radius 2 is 2.00 bits per heavy atom. The maximum atomic E-state index is 12.7. The van der Waals surface area contributed by atoms with E-state index in [1.54, 1.807) is 24.3 Å². The van der Waals surface area contributed by atoms with Crippen molar-refractivity contribution in [2.24, 2.45) is 10.9 Å². The van der Waals surface area contributed by atoms with E-state index in [4.69, 9.17) is 4.74 Å². The van der Waals surface area contributed by atoms with Crippen LogP contribution in [-0.4, -0.2) is 57.3 Å². The molecule has 1 aliphatic heterocycles. The highest BCUT2D eigenvalue weighted by atomic mass is 16.5. The molecule has 0 aliphatic carbocycles. The molecule has 1 aromatic rings. The molecule has 8 nitrogen and oxygen atoms in total. The first kappa shape index (κ1) is 20.6. The van der Waals surface area contributed by atoms with Gasteiger partial charge in [-0.2, -0.15) is 0 Å². The third kappa shape index (κ3) is 5.13. The number of nitrogens with one attached hydrogen (secondary N) is 2. The van der Waals surface area contributed by atoms with E-state index < -0.39 is 23.8 Å². The number of quaternary nitrogens is 1. The van der Waals surface area contributed by atoms with Gasteiger partial charge in [-0.15, -0.1) is 0 Å². The van der Waals surface area contributed by atoms with Crippen LogP contribution in [-0.2, 0) is 9.59 Å². The molecule has 0 spiro atoms. The Labute approximate surface area is 159 Å². The SMILES string of the molecule is CC[NH+](CC)CCCN=CC1C(=O)NC(=O)N(c2cccc(OC)c2)C1=O. The molecule has 1 aliphatic rings. The molecule has 8 heteroatoms. The summed E-state index contributed by atoms with van der Waals surface area (Å²) in [5, 5.41) is 2.21. The summed E-state index contributed by atoms with van der Waals surface area (Å²) < 4.78 is 5.13. The van der Waals surface area contributed by atoms with Gasteiger partial charge in [0.1, 0.15) is 5.75 Å². The van der Waals surface area contributed by atoms with Crippen LogP contribution in [0.2, 0.25) is 0 Å². The lowest BCUT2D eigenvalue weighted by atomic mass is 10.1. The Bertz CT molecular complexity index is 715. The van der Waals surface area contributed by atoms with Crippen molar-refractivity contribution in [3.63, 3.8) is 0 Å². The fourth-order valence-electron chi connectivity index (χ4n) is 2.92. The van der Waals surface area contributed by atoms with Gasteiger partial charge in [-0.05, 0) is 26.0 Å². The lowest BCUT2D eigenvalue weighted by Gasteiger charge is -2.28. The number of urea groups is 1. The lowest BCUT2D eigenvalue weighted by Crippen LogP contribution is -3.11. The standard InChI is InChI=1S/C19H26N4O4/c1-4-22(5-2)11-7-10-20-13-16-17(24)21-19(26)23(18(16)25)14-8-6-9-15(12-14)27-3/h6,8-9,12-13,16H,4-5,7,10-11H2,1-3H3,(H,21,24,26)/p+1. The second-order valence-electron chi connectivity index (χ2n) is 6.26. The Morgan fingerprint density at radius 3 is 2.67 bits per heavy atom. The van der Waals surface area contributed by atoms with Gasteiger partial charge in [-0.25, -0.2) is 9.69 Å². The van der Waals surface area contributed by atoms with Crippen LogP contribution in [0.4, 0.5) is 10.5 Å². The predicted molar refractivity (Wildman–Crippen MR) is 102 cm³/mol. The van der Waals surface area contributed by atoms with Gasteiger partial charge in [-0.3, -0.25) is 19.9 Å². The van der Waals surface area contributed by atoms with Crippen LogP contribution in [0, 0.1) is 5.92 Å². The fourth-order valence-corrected chi connectivity index (χ4v) is 2.92. The van der Waals surface area contributed by atoms with E-state index in [2.05, 4.69) is 24.2 Å². The summed E-state index contributed by atoms with van der Waals surface area (Å²) in [6.07, 6.45) is 2.21. The number of nitrogens with zero attached hydrogens (tertiary/aromatic N) is 2. The second kappa shape index (κ2) is 9.82. The van der Waals surface area contributed by atoms with Crippen LogP contribution < -0.4 is 19.9 Å². The minimum atomic E-state index is -1.12. The number of barbiturate groups is 1. The van der Waals surface area contributed by atoms with Gasteiger partial charge in [-0.1, -0.05) is 6.07 Å². The molecule has 2 N–H and O–H groups in total. The Balaban J connectivity index is 2.06. The molecular weight excluding hydrogens is 348 g/mol. The van der Waals surface area contributed by atoms with E-state index in [1.165, 1.54) is 18.2 Å². The average Bonchev–Trinajstić information content (AvgIpc) is 2.66. The van der Waals surface area contributed by atoms with E-state index in [9.17, 15) is 14.4 Å². The molecule has 4 amide bonds. The molecule has 1 heterocycles.